The molecule has 46 heavy (non-hydrogen) atoms. The monoisotopic (exact) mass is 620 g/mol. The first-order valence-electron chi connectivity index (χ1n) is 16.3. The number of imidazole rings is 2. The molecule has 2 amide bonds. The van der Waals surface area contributed by atoms with Gasteiger partial charge < -0.3 is 30.2 Å². The van der Waals surface area contributed by atoms with E-state index >= 15 is 0 Å². The summed E-state index contributed by atoms with van der Waals surface area (Å²) in [5, 5.41) is 8.52. The number of ether oxygens (including phenoxy) is 1. The Hall–Kier alpha value is -4.77. The number of hydrogen-bond acceptors (Lipinski definition) is 7. The van der Waals surface area contributed by atoms with Crippen LogP contribution in [0.3, 0.4) is 0 Å². The van der Waals surface area contributed by atoms with Crippen LogP contribution in [0.2, 0.25) is 0 Å². The van der Waals surface area contributed by atoms with Crippen molar-refractivity contribution in [3.63, 3.8) is 0 Å². The SMILES string of the molecule is CC[C@H](C)[C@H](NC(=O)OC)C(=O)N1CCC[C@H]1c1nc2nc(-c3ccc4cc(-c5cnc([C@@H]6CCCN6)[nH]5)ccc4c3)ccc2[nH]1. The zero-order valence-corrected chi connectivity index (χ0v) is 26.5. The number of nitrogens with zero attached hydrogens (tertiary/aromatic N) is 4. The maximum atomic E-state index is 13.7. The smallest absolute Gasteiger partial charge is 0.407 e. The first kappa shape index (κ1) is 29.9. The van der Waals surface area contributed by atoms with Crippen molar-refractivity contribution < 1.29 is 14.3 Å². The molecule has 0 spiro atoms. The van der Waals surface area contributed by atoms with E-state index < -0.39 is 12.1 Å². The van der Waals surface area contributed by atoms with Crippen LogP contribution in [0.5, 0.6) is 0 Å². The molecule has 3 aromatic heterocycles. The van der Waals surface area contributed by atoms with E-state index in [0.717, 1.165) is 76.9 Å². The standard InChI is InChI=1S/C35H40N8O3/c1-4-20(2)30(41-35(45)46-3)34(44)43-16-6-8-29(43)33-39-27-14-13-25(38-32(27)42-33)23-11-9-22-18-24(12-10-21(22)17-23)28-19-37-31(40-28)26-7-5-15-36-26/h9-14,17-20,26,29-30,36H,4-8,15-16H2,1-3H3,(H,37,40)(H,41,45)(H,38,39,42)/t20-,26-,29-,30-/m0/s1. The molecule has 0 unspecified atom stereocenters. The van der Waals surface area contributed by atoms with Crippen molar-refractivity contribution in [3.05, 3.63) is 66.4 Å². The molecule has 4 N–H and O–H groups in total. The number of alkyl carbamates (subject to hydrolysis) is 1. The van der Waals surface area contributed by atoms with Crippen molar-refractivity contribution in [2.24, 2.45) is 5.92 Å². The van der Waals surface area contributed by atoms with E-state index in [1.807, 2.05) is 37.1 Å². The molecule has 2 aliphatic heterocycles. The van der Waals surface area contributed by atoms with Gasteiger partial charge in [-0.2, -0.15) is 0 Å². The molecule has 5 heterocycles. The van der Waals surface area contributed by atoms with E-state index in [4.69, 9.17) is 14.7 Å². The van der Waals surface area contributed by atoms with Crippen molar-refractivity contribution in [2.45, 2.75) is 64.1 Å². The van der Waals surface area contributed by atoms with E-state index in [9.17, 15) is 9.59 Å². The van der Waals surface area contributed by atoms with Gasteiger partial charge in [-0.3, -0.25) is 4.79 Å². The molecular weight excluding hydrogens is 580 g/mol. The lowest BCUT2D eigenvalue weighted by Crippen LogP contribution is -2.51. The van der Waals surface area contributed by atoms with Crippen molar-refractivity contribution in [1.29, 1.82) is 0 Å². The van der Waals surface area contributed by atoms with Crippen LogP contribution in [0, 0.1) is 5.92 Å². The summed E-state index contributed by atoms with van der Waals surface area (Å²) in [6.07, 6.45) is 6.00. The first-order chi connectivity index (χ1) is 22.4. The topological polar surface area (TPSA) is 141 Å². The lowest BCUT2D eigenvalue weighted by atomic mass is 9.97. The minimum atomic E-state index is -0.665. The summed E-state index contributed by atoms with van der Waals surface area (Å²) in [7, 11) is 1.31. The van der Waals surface area contributed by atoms with Crippen LogP contribution in [0.25, 0.3) is 44.5 Å². The Bertz CT molecular complexity index is 1890. The predicted octanol–water partition coefficient (Wildman–Crippen LogP) is 6.03. The fraction of sp³-hybridized carbons (Fsp3) is 0.400. The normalized spacial score (nSPS) is 19.5. The van der Waals surface area contributed by atoms with Gasteiger partial charge in [0.2, 0.25) is 5.91 Å². The third-order valence-electron chi connectivity index (χ3n) is 9.59. The Kier molecular flexibility index (Phi) is 8.16. The second-order valence-corrected chi connectivity index (χ2v) is 12.5. The molecule has 7 rings (SSSR count). The van der Waals surface area contributed by atoms with Gasteiger partial charge in [0.05, 0.1) is 42.3 Å². The van der Waals surface area contributed by atoms with Gasteiger partial charge in [0.25, 0.3) is 0 Å². The molecule has 0 radical (unpaired) electrons. The van der Waals surface area contributed by atoms with Gasteiger partial charge in [0, 0.05) is 17.7 Å². The van der Waals surface area contributed by atoms with Gasteiger partial charge >= 0.3 is 6.09 Å². The maximum Gasteiger partial charge on any atom is 0.407 e. The van der Waals surface area contributed by atoms with Crippen molar-refractivity contribution in [3.8, 4) is 22.5 Å². The van der Waals surface area contributed by atoms with Gasteiger partial charge in [0.15, 0.2) is 5.65 Å². The molecule has 2 aliphatic rings. The van der Waals surface area contributed by atoms with Crippen molar-refractivity contribution in [1.82, 2.24) is 40.5 Å². The Morgan fingerprint density at radius 3 is 2.57 bits per heavy atom. The Morgan fingerprint density at radius 1 is 1.00 bits per heavy atom. The number of carbonyl (C=O) groups excluding carboxylic acids is 2. The predicted molar refractivity (Wildman–Crippen MR) is 177 cm³/mol. The molecular formula is C35H40N8O3. The van der Waals surface area contributed by atoms with E-state index in [-0.39, 0.29) is 17.9 Å². The van der Waals surface area contributed by atoms with E-state index in [1.165, 1.54) is 13.5 Å². The average molecular weight is 621 g/mol. The van der Waals surface area contributed by atoms with Crippen LogP contribution < -0.4 is 10.6 Å². The largest absolute Gasteiger partial charge is 0.453 e. The minimum Gasteiger partial charge on any atom is -0.453 e. The summed E-state index contributed by atoms with van der Waals surface area (Å²) in [6, 6.07) is 16.3. The summed E-state index contributed by atoms with van der Waals surface area (Å²) in [6.45, 7) is 5.61. The number of rotatable bonds is 8. The Balaban J connectivity index is 1.11. The van der Waals surface area contributed by atoms with Gasteiger partial charge in [0.1, 0.15) is 17.7 Å². The van der Waals surface area contributed by atoms with Gasteiger partial charge in [-0.1, -0.05) is 44.5 Å². The highest BCUT2D eigenvalue weighted by Crippen LogP contribution is 2.34. The summed E-state index contributed by atoms with van der Waals surface area (Å²) < 4.78 is 4.80. The zero-order chi connectivity index (χ0) is 31.8. The minimum absolute atomic E-state index is 0.0428. The van der Waals surface area contributed by atoms with Crippen LogP contribution in [-0.2, 0) is 9.53 Å². The number of benzene rings is 2. The summed E-state index contributed by atoms with van der Waals surface area (Å²) >= 11 is 0. The summed E-state index contributed by atoms with van der Waals surface area (Å²) in [5.74, 6) is 1.56. The average Bonchev–Trinajstić information content (AvgIpc) is 3.91. The van der Waals surface area contributed by atoms with Gasteiger partial charge in [-0.15, -0.1) is 0 Å². The summed E-state index contributed by atoms with van der Waals surface area (Å²) in [5.41, 5.74) is 5.40. The number of nitrogens with one attached hydrogen (secondary N) is 4. The number of likely N-dealkylation sites (tertiary alicyclic amines) is 1. The third kappa shape index (κ3) is 5.71. The number of pyridine rings is 1. The molecule has 0 aliphatic carbocycles. The number of methoxy groups -OCH3 is 1. The molecule has 0 saturated carbocycles. The number of hydrogen-bond donors (Lipinski definition) is 4. The van der Waals surface area contributed by atoms with Crippen LogP contribution in [0.15, 0.2) is 54.7 Å². The Labute approximate surface area is 267 Å². The zero-order valence-electron chi connectivity index (χ0n) is 26.5. The molecule has 0 bridgehead atoms. The van der Waals surface area contributed by atoms with E-state index in [2.05, 4.69) is 62.0 Å². The molecule has 11 heteroatoms. The van der Waals surface area contributed by atoms with E-state index in [0.29, 0.717) is 24.1 Å². The van der Waals surface area contributed by atoms with E-state index in [1.54, 1.807) is 0 Å². The van der Waals surface area contributed by atoms with Crippen LogP contribution in [-0.4, -0.2) is 68.1 Å². The number of aromatic amines is 2. The number of amides is 2. The lowest BCUT2D eigenvalue weighted by molar-refractivity contribution is -0.135. The molecule has 2 fully saturated rings. The van der Waals surface area contributed by atoms with Crippen LogP contribution >= 0.6 is 0 Å². The van der Waals surface area contributed by atoms with Crippen molar-refractivity contribution >= 4 is 33.9 Å². The highest BCUT2D eigenvalue weighted by atomic mass is 16.5. The molecule has 11 nitrogen and oxygen atoms in total. The Morgan fingerprint density at radius 2 is 1.80 bits per heavy atom. The van der Waals surface area contributed by atoms with Crippen LogP contribution in [0.1, 0.15) is 69.7 Å². The highest BCUT2D eigenvalue weighted by Gasteiger charge is 2.38. The molecule has 5 aromatic rings. The second-order valence-electron chi connectivity index (χ2n) is 12.5. The molecule has 2 aromatic carbocycles. The third-order valence-corrected chi connectivity index (χ3v) is 9.59. The number of aromatic nitrogens is 5. The molecule has 238 valence electrons. The molecule has 2 saturated heterocycles. The lowest BCUT2D eigenvalue weighted by Gasteiger charge is -2.30. The maximum absolute atomic E-state index is 13.7. The quantitative estimate of drug-likeness (QED) is 0.166. The van der Waals surface area contributed by atoms with Gasteiger partial charge in [-0.05, 0) is 73.2 Å². The van der Waals surface area contributed by atoms with Crippen LogP contribution in [0.4, 0.5) is 4.79 Å². The number of H-pyrrole nitrogens is 2. The number of fused-ring (bicyclic) bond motifs is 2. The highest BCUT2D eigenvalue weighted by molar-refractivity contribution is 5.91. The second kappa shape index (κ2) is 12.6. The fourth-order valence-electron chi connectivity index (χ4n) is 6.74. The fourth-order valence-corrected chi connectivity index (χ4v) is 6.74. The summed E-state index contributed by atoms with van der Waals surface area (Å²) in [4.78, 5) is 48.9. The van der Waals surface area contributed by atoms with Crippen molar-refractivity contribution in [2.75, 3.05) is 20.2 Å². The first-order valence-corrected chi connectivity index (χ1v) is 16.3. The van der Waals surface area contributed by atoms with Gasteiger partial charge in [-0.25, -0.2) is 19.7 Å². The number of carbonyl (C=O) groups is 2. The molecule has 4 atom stereocenters.